The number of carbonyl (C=O) groups is 1. The number of aryl methyl sites for hydroxylation is 1. The van der Waals surface area contributed by atoms with E-state index in [1.165, 1.54) is 0 Å². The van der Waals surface area contributed by atoms with Crippen LogP contribution in [0.3, 0.4) is 0 Å². The number of benzene rings is 1. The van der Waals surface area contributed by atoms with Crippen molar-refractivity contribution >= 4 is 5.91 Å². The molecule has 0 aliphatic carbocycles. The van der Waals surface area contributed by atoms with E-state index in [4.69, 9.17) is 0 Å². The molecule has 4 heteroatoms. The maximum atomic E-state index is 12.2. The third-order valence-electron chi connectivity index (χ3n) is 4.17. The number of pyridine rings is 2. The van der Waals surface area contributed by atoms with Crippen molar-refractivity contribution in [3.63, 3.8) is 0 Å². The molecule has 3 aromatic rings. The second kappa shape index (κ2) is 8.20. The second-order valence-electron chi connectivity index (χ2n) is 6.01. The zero-order chi connectivity index (χ0) is 17.5. The monoisotopic (exact) mass is 331 g/mol. The highest BCUT2D eigenvalue weighted by atomic mass is 16.1. The van der Waals surface area contributed by atoms with Crippen molar-refractivity contribution in [2.24, 2.45) is 0 Å². The van der Waals surface area contributed by atoms with Gasteiger partial charge in [0.1, 0.15) is 0 Å². The van der Waals surface area contributed by atoms with Crippen molar-refractivity contribution in [3.05, 3.63) is 84.4 Å². The minimum Gasteiger partial charge on any atom is -0.350 e. The van der Waals surface area contributed by atoms with Crippen molar-refractivity contribution < 1.29 is 4.79 Å². The highest BCUT2D eigenvalue weighted by Gasteiger charge is 2.10. The van der Waals surface area contributed by atoms with Crippen LogP contribution >= 0.6 is 0 Å². The lowest BCUT2D eigenvalue weighted by molar-refractivity contribution is -0.121. The van der Waals surface area contributed by atoms with Crippen molar-refractivity contribution in [1.82, 2.24) is 15.3 Å². The van der Waals surface area contributed by atoms with E-state index >= 15 is 0 Å². The van der Waals surface area contributed by atoms with Crippen molar-refractivity contribution in [2.45, 2.75) is 25.8 Å². The lowest BCUT2D eigenvalue weighted by Crippen LogP contribution is -2.26. The summed E-state index contributed by atoms with van der Waals surface area (Å²) in [4.78, 5) is 20.3. The van der Waals surface area contributed by atoms with Crippen LogP contribution in [-0.4, -0.2) is 15.9 Å². The topological polar surface area (TPSA) is 54.9 Å². The lowest BCUT2D eigenvalue weighted by Gasteiger charge is -2.15. The maximum absolute atomic E-state index is 12.2. The summed E-state index contributed by atoms with van der Waals surface area (Å²) in [6, 6.07) is 16.0. The first-order chi connectivity index (χ1) is 12.2. The first-order valence-electron chi connectivity index (χ1n) is 8.41. The number of amides is 1. The minimum atomic E-state index is -0.0205. The fraction of sp³-hybridized carbons (Fsp3) is 0.190. The SMILES string of the molecule is CC(NC(=O)CCc1ccncc1)c1ccc(-c2cccnc2)cc1. The summed E-state index contributed by atoms with van der Waals surface area (Å²) in [5.41, 5.74) is 4.42. The highest BCUT2D eigenvalue weighted by molar-refractivity contribution is 5.76. The van der Waals surface area contributed by atoms with Gasteiger partial charge >= 0.3 is 0 Å². The summed E-state index contributed by atoms with van der Waals surface area (Å²) in [5.74, 6) is 0.0562. The van der Waals surface area contributed by atoms with Gasteiger partial charge in [-0.3, -0.25) is 14.8 Å². The van der Waals surface area contributed by atoms with Crippen LogP contribution in [0.2, 0.25) is 0 Å². The molecular weight excluding hydrogens is 310 g/mol. The van der Waals surface area contributed by atoms with Gasteiger partial charge in [-0.1, -0.05) is 30.3 Å². The Hall–Kier alpha value is -3.01. The average Bonchev–Trinajstić information content (AvgIpc) is 2.68. The Labute approximate surface area is 148 Å². The van der Waals surface area contributed by atoms with Gasteiger partial charge < -0.3 is 5.32 Å². The zero-order valence-corrected chi connectivity index (χ0v) is 14.2. The molecule has 25 heavy (non-hydrogen) atoms. The number of nitrogens with one attached hydrogen (secondary N) is 1. The average molecular weight is 331 g/mol. The quantitative estimate of drug-likeness (QED) is 0.744. The molecule has 0 fully saturated rings. The Morgan fingerprint density at radius 1 is 0.960 bits per heavy atom. The Balaban J connectivity index is 1.55. The molecule has 0 spiro atoms. The van der Waals surface area contributed by atoms with E-state index in [2.05, 4.69) is 39.6 Å². The van der Waals surface area contributed by atoms with Crippen LogP contribution < -0.4 is 5.32 Å². The number of hydrogen-bond acceptors (Lipinski definition) is 3. The fourth-order valence-electron chi connectivity index (χ4n) is 2.70. The summed E-state index contributed by atoms with van der Waals surface area (Å²) in [6.45, 7) is 2.00. The van der Waals surface area contributed by atoms with E-state index in [-0.39, 0.29) is 11.9 Å². The molecule has 0 radical (unpaired) electrons. The van der Waals surface area contributed by atoms with Crippen LogP contribution in [0, 0.1) is 0 Å². The summed E-state index contributed by atoms with van der Waals surface area (Å²) in [7, 11) is 0. The van der Waals surface area contributed by atoms with E-state index in [1.807, 2.05) is 37.4 Å². The predicted octanol–water partition coefficient (Wildman–Crippen LogP) is 3.95. The molecule has 1 aromatic carbocycles. The highest BCUT2D eigenvalue weighted by Crippen LogP contribution is 2.21. The molecule has 0 bridgehead atoms. The Morgan fingerprint density at radius 2 is 1.72 bits per heavy atom. The number of nitrogens with zero attached hydrogens (tertiary/aromatic N) is 2. The number of rotatable bonds is 6. The van der Waals surface area contributed by atoms with Crippen LogP contribution in [0.15, 0.2) is 73.3 Å². The van der Waals surface area contributed by atoms with Gasteiger partial charge in [0.05, 0.1) is 6.04 Å². The van der Waals surface area contributed by atoms with E-state index < -0.39 is 0 Å². The molecule has 0 aliphatic rings. The molecule has 126 valence electrons. The molecule has 1 amide bonds. The van der Waals surface area contributed by atoms with Gasteiger partial charge in [0.2, 0.25) is 5.91 Å². The summed E-state index contributed by atoms with van der Waals surface area (Å²) >= 11 is 0. The van der Waals surface area contributed by atoms with Crippen molar-refractivity contribution in [3.8, 4) is 11.1 Å². The Bertz CT molecular complexity index is 802. The summed E-state index contributed by atoms with van der Waals surface area (Å²) in [6.07, 6.45) is 8.31. The Kier molecular flexibility index (Phi) is 5.52. The van der Waals surface area contributed by atoms with Gasteiger partial charge in [-0.05, 0) is 53.8 Å². The standard InChI is InChI=1S/C21H21N3O/c1-16(24-21(25)9-4-17-10-13-22-14-11-17)18-5-7-19(8-6-18)20-3-2-12-23-15-20/h2-3,5-8,10-16H,4,9H2,1H3,(H,24,25). The van der Waals surface area contributed by atoms with Gasteiger partial charge in [-0.25, -0.2) is 0 Å². The van der Waals surface area contributed by atoms with E-state index in [0.717, 1.165) is 28.7 Å². The van der Waals surface area contributed by atoms with Crippen LogP contribution in [0.25, 0.3) is 11.1 Å². The largest absolute Gasteiger partial charge is 0.350 e. The molecule has 1 atom stereocenters. The fourth-order valence-corrected chi connectivity index (χ4v) is 2.70. The van der Waals surface area contributed by atoms with Gasteiger partial charge in [-0.15, -0.1) is 0 Å². The summed E-state index contributed by atoms with van der Waals surface area (Å²) in [5, 5.41) is 3.06. The number of hydrogen-bond donors (Lipinski definition) is 1. The minimum absolute atomic E-state index is 0.0205. The van der Waals surface area contributed by atoms with E-state index in [0.29, 0.717) is 6.42 Å². The van der Waals surface area contributed by atoms with Crippen molar-refractivity contribution in [1.29, 1.82) is 0 Å². The molecule has 4 nitrogen and oxygen atoms in total. The molecule has 1 unspecified atom stereocenters. The first kappa shape index (κ1) is 16.8. The maximum Gasteiger partial charge on any atom is 0.220 e. The van der Waals surface area contributed by atoms with Crippen LogP contribution in [0.5, 0.6) is 0 Å². The number of aromatic nitrogens is 2. The lowest BCUT2D eigenvalue weighted by atomic mass is 10.0. The van der Waals surface area contributed by atoms with Crippen molar-refractivity contribution in [2.75, 3.05) is 0 Å². The third-order valence-corrected chi connectivity index (χ3v) is 4.17. The van der Waals surface area contributed by atoms with E-state index in [1.54, 1.807) is 18.6 Å². The van der Waals surface area contributed by atoms with Crippen LogP contribution in [0.1, 0.15) is 30.5 Å². The van der Waals surface area contributed by atoms with Gasteiger partial charge in [0.25, 0.3) is 0 Å². The molecule has 0 aliphatic heterocycles. The molecule has 2 heterocycles. The molecule has 1 N–H and O–H groups in total. The van der Waals surface area contributed by atoms with Crippen LogP contribution in [0.4, 0.5) is 0 Å². The third kappa shape index (κ3) is 4.73. The molecular formula is C21H21N3O. The second-order valence-corrected chi connectivity index (χ2v) is 6.01. The normalized spacial score (nSPS) is 11.7. The number of carbonyl (C=O) groups excluding carboxylic acids is 1. The van der Waals surface area contributed by atoms with Gasteiger partial charge in [0.15, 0.2) is 0 Å². The zero-order valence-electron chi connectivity index (χ0n) is 14.2. The van der Waals surface area contributed by atoms with Gasteiger partial charge in [0, 0.05) is 31.2 Å². The molecule has 0 saturated carbocycles. The summed E-state index contributed by atoms with van der Waals surface area (Å²) < 4.78 is 0. The van der Waals surface area contributed by atoms with Gasteiger partial charge in [-0.2, -0.15) is 0 Å². The smallest absolute Gasteiger partial charge is 0.220 e. The van der Waals surface area contributed by atoms with E-state index in [9.17, 15) is 4.79 Å². The molecule has 0 saturated heterocycles. The Morgan fingerprint density at radius 3 is 2.40 bits per heavy atom. The molecule has 2 aromatic heterocycles. The molecule has 3 rings (SSSR count). The predicted molar refractivity (Wildman–Crippen MR) is 98.8 cm³/mol. The first-order valence-corrected chi connectivity index (χ1v) is 8.41. The van der Waals surface area contributed by atoms with Crippen LogP contribution in [-0.2, 0) is 11.2 Å².